The molecule has 2 atom stereocenters. The average molecular weight is 366 g/mol. The van der Waals surface area contributed by atoms with Crippen molar-refractivity contribution in [1.29, 1.82) is 0 Å². The summed E-state index contributed by atoms with van der Waals surface area (Å²) in [6.45, 7) is 20.1. The number of oxime groups is 1. The lowest BCUT2D eigenvalue weighted by atomic mass is 10.2. The third-order valence-corrected chi connectivity index (χ3v) is 5.38. The zero-order valence-corrected chi connectivity index (χ0v) is 19.0. The van der Waals surface area contributed by atoms with Crippen molar-refractivity contribution in [3.8, 4) is 0 Å². The third-order valence-electron chi connectivity index (χ3n) is 2.35. The van der Waals surface area contributed by atoms with Crippen LogP contribution in [0.4, 0.5) is 0 Å². The molecule has 0 aromatic heterocycles. The summed E-state index contributed by atoms with van der Waals surface area (Å²) in [4.78, 5) is 4.84. The quantitative estimate of drug-likeness (QED) is 0.334. The van der Waals surface area contributed by atoms with Gasteiger partial charge in [0.2, 0.25) is 0 Å². The van der Waals surface area contributed by atoms with Crippen molar-refractivity contribution in [1.82, 2.24) is 0 Å². The summed E-state index contributed by atoms with van der Waals surface area (Å²) in [7, 11) is -3.54. The van der Waals surface area contributed by atoms with Crippen LogP contribution in [0.5, 0.6) is 0 Å². The van der Waals surface area contributed by atoms with E-state index in [1.165, 1.54) is 7.11 Å². The largest absolute Gasteiger partial charge is 0.415 e. The first-order valence-electron chi connectivity index (χ1n) is 7.80. The summed E-state index contributed by atoms with van der Waals surface area (Å²) in [6, 6.07) is 0. The summed E-state index contributed by atoms with van der Waals surface area (Å²) in [6.07, 6.45) is 1.31. The van der Waals surface area contributed by atoms with Crippen molar-refractivity contribution < 1.29 is 18.1 Å². The minimum absolute atomic E-state index is 0.149. The van der Waals surface area contributed by atoms with Crippen molar-refractivity contribution in [3.05, 3.63) is 0 Å². The molecule has 5 nitrogen and oxygen atoms in total. The topological polar surface area (TPSA) is 49.3 Å². The van der Waals surface area contributed by atoms with Gasteiger partial charge in [0.15, 0.2) is 25.0 Å². The SMILES string of the molecule is CO/N=C\C(O[Si](C)(C)C)C(CO[Si](C)(C)C)O[Si](C)(C)C. The molecule has 0 aromatic carbocycles. The molecule has 0 N–H and O–H groups in total. The lowest BCUT2D eigenvalue weighted by Crippen LogP contribution is -2.48. The van der Waals surface area contributed by atoms with Gasteiger partial charge >= 0.3 is 0 Å². The molecule has 22 heavy (non-hydrogen) atoms. The van der Waals surface area contributed by atoms with Crippen LogP contribution in [-0.2, 0) is 18.1 Å². The second kappa shape index (κ2) is 8.74. The van der Waals surface area contributed by atoms with Crippen LogP contribution >= 0.6 is 0 Å². The Kier molecular flexibility index (Phi) is 8.74. The van der Waals surface area contributed by atoms with Crippen molar-refractivity contribution in [3.63, 3.8) is 0 Å². The average Bonchev–Trinajstić information content (AvgIpc) is 2.26. The van der Waals surface area contributed by atoms with E-state index in [1.807, 2.05) is 0 Å². The van der Waals surface area contributed by atoms with Crippen molar-refractivity contribution in [2.75, 3.05) is 13.7 Å². The lowest BCUT2D eigenvalue weighted by molar-refractivity contribution is 0.0445. The first-order chi connectivity index (χ1) is 9.73. The minimum Gasteiger partial charge on any atom is -0.415 e. The standard InChI is InChI=1S/C14H35NO4Si3/c1-16-15-11-13(18-21(5,6)7)14(19-22(8,9)10)12-17-20(2,3)4/h11,13-14H,12H2,1-10H3/b15-11-. The Bertz CT molecular complexity index is 345. The maximum atomic E-state index is 6.32. The summed E-state index contributed by atoms with van der Waals surface area (Å²) in [5.41, 5.74) is 0. The molecule has 0 spiro atoms. The summed E-state index contributed by atoms with van der Waals surface area (Å²) in [5, 5.41) is 3.92. The Hall–Kier alpha value is 0.000649. The van der Waals surface area contributed by atoms with E-state index in [0.29, 0.717) is 6.61 Å². The van der Waals surface area contributed by atoms with E-state index < -0.39 is 25.0 Å². The van der Waals surface area contributed by atoms with Gasteiger partial charge in [-0.3, -0.25) is 0 Å². The van der Waals surface area contributed by atoms with E-state index in [4.69, 9.17) is 18.1 Å². The Morgan fingerprint density at radius 2 is 1.32 bits per heavy atom. The summed E-state index contributed by atoms with van der Waals surface area (Å²) in [5.74, 6) is 0. The number of nitrogens with zero attached hydrogens (tertiary/aromatic N) is 1. The van der Waals surface area contributed by atoms with Gasteiger partial charge in [0.05, 0.1) is 18.9 Å². The summed E-state index contributed by atoms with van der Waals surface area (Å²) < 4.78 is 18.7. The second-order valence-corrected chi connectivity index (χ2v) is 21.8. The van der Waals surface area contributed by atoms with Crippen LogP contribution in [0.2, 0.25) is 58.9 Å². The highest BCUT2D eigenvalue weighted by molar-refractivity contribution is 6.70. The molecule has 132 valence electrons. The summed E-state index contributed by atoms with van der Waals surface area (Å²) >= 11 is 0. The van der Waals surface area contributed by atoms with E-state index in [2.05, 4.69) is 64.1 Å². The van der Waals surface area contributed by atoms with Crippen LogP contribution in [0.1, 0.15) is 0 Å². The van der Waals surface area contributed by atoms with Gasteiger partial charge in [0.25, 0.3) is 0 Å². The molecule has 0 radical (unpaired) electrons. The Balaban J connectivity index is 5.19. The van der Waals surface area contributed by atoms with Gasteiger partial charge in [-0.2, -0.15) is 0 Å². The number of rotatable bonds is 10. The molecule has 0 saturated carbocycles. The predicted octanol–water partition coefficient (Wildman–Crippen LogP) is 3.91. The first-order valence-corrected chi connectivity index (χ1v) is 18.0. The first kappa shape index (κ1) is 22.0. The van der Waals surface area contributed by atoms with E-state index in [9.17, 15) is 0 Å². The maximum Gasteiger partial charge on any atom is 0.184 e. The second-order valence-electron chi connectivity index (χ2n) is 8.32. The van der Waals surface area contributed by atoms with Crippen LogP contribution in [-0.4, -0.2) is 57.1 Å². The smallest absolute Gasteiger partial charge is 0.184 e. The van der Waals surface area contributed by atoms with Crippen molar-refractivity contribution >= 4 is 31.2 Å². The fourth-order valence-electron chi connectivity index (χ4n) is 1.71. The minimum atomic E-state index is -1.74. The molecule has 0 rings (SSSR count). The molecule has 0 bridgehead atoms. The highest BCUT2D eigenvalue weighted by atomic mass is 28.4. The van der Waals surface area contributed by atoms with Crippen LogP contribution in [0.25, 0.3) is 0 Å². The molecule has 0 heterocycles. The van der Waals surface area contributed by atoms with Gasteiger partial charge in [-0.05, 0) is 58.9 Å². The van der Waals surface area contributed by atoms with Crippen LogP contribution in [0, 0.1) is 0 Å². The molecular weight excluding hydrogens is 330 g/mol. The maximum absolute atomic E-state index is 6.32. The van der Waals surface area contributed by atoms with Crippen LogP contribution < -0.4 is 0 Å². The van der Waals surface area contributed by atoms with E-state index in [-0.39, 0.29) is 12.2 Å². The molecule has 8 heteroatoms. The molecule has 0 fully saturated rings. The molecule has 0 aromatic rings. The van der Waals surface area contributed by atoms with Gasteiger partial charge in [0, 0.05) is 0 Å². The third kappa shape index (κ3) is 12.5. The zero-order valence-electron chi connectivity index (χ0n) is 16.0. The Labute approximate surface area is 139 Å². The number of hydrogen-bond acceptors (Lipinski definition) is 5. The molecule has 0 amide bonds. The van der Waals surface area contributed by atoms with Crippen molar-refractivity contribution in [2.45, 2.75) is 71.1 Å². The molecule has 0 aliphatic heterocycles. The predicted molar refractivity (Wildman–Crippen MR) is 101 cm³/mol. The highest BCUT2D eigenvalue weighted by Gasteiger charge is 2.33. The Morgan fingerprint density at radius 3 is 1.68 bits per heavy atom. The van der Waals surface area contributed by atoms with Gasteiger partial charge in [-0.25, -0.2) is 0 Å². The zero-order chi connectivity index (χ0) is 17.6. The molecule has 0 saturated heterocycles. The van der Waals surface area contributed by atoms with Gasteiger partial charge < -0.3 is 18.1 Å². The monoisotopic (exact) mass is 365 g/mol. The number of hydrogen-bond donors (Lipinski definition) is 0. The van der Waals surface area contributed by atoms with E-state index in [1.54, 1.807) is 6.21 Å². The molecule has 0 aliphatic carbocycles. The normalized spacial score (nSPS) is 16.8. The fourth-order valence-corrected chi connectivity index (χ4v) is 4.52. The van der Waals surface area contributed by atoms with E-state index in [0.717, 1.165) is 0 Å². The highest BCUT2D eigenvalue weighted by Crippen LogP contribution is 2.18. The fraction of sp³-hybridized carbons (Fsp3) is 0.929. The van der Waals surface area contributed by atoms with Crippen molar-refractivity contribution in [2.24, 2.45) is 5.16 Å². The molecular formula is C14H35NO4Si3. The van der Waals surface area contributed by atoms with Gasteiger partial charge in [-0.15, -0.1) is 0 Å². The van der Waals surface area contributed by atoms with Crippen LogP contribution in [0.3, 0.4) is 0 Å². The Morgan fingerprint density at radius 1 is 0.818 bits per heavy atom. The van der Waals surface area contributed by atoms with Crippen LogP contribution in [0.15, 0.2) is 5.16 Å². The van der Waals surface area contributed by atoms with Gasteiger partial charge in [0.1, 0.15) is 13.2 Å². The molecule has 2 unspecified atom stereocenters. The lowest BCUT2D eigenvalue weighted by Gasteiger charge is -2.35. The van der Waals surface area contributed by atoms with Gasteiger partial charge in [-0.1, -0.05) is 5.16 Å². The van der Waals surface area contributed by atoms with E-state index >= 15 is 0 Å². The molecule has 0 aliphatic rings.